The van der Waals surface area contributed by atoms with Crippen LogP contribution in [0, 0.1) is 13.8 Å². The minimum Gasteiger partial charge on any atom is -0.466 e. The molecule has 8 heteroatoms. The van der Waals surface area contributed by atoms with E-state index in [-0.39, 0.29) is 23.9 Å². The molecule has 2 aromatic carbocycles. The first-order chi connectivity index (χ1) is 19.7. The molecule has 1 unspecified atom stereocenters. The number of benzene rings is 2. The van der Waals surface area contributed by atoms with Gasteiger partial charge in [0.15, 0.2) is 0 Å². The van der Waals surface area contributed by atoms with Crippen molar-refractivity contribution in [1.82, 2.24) is 20.0 Å². The highest BCUT2D eigenvalue weighted by Crippen LogP contribution is 2.16. The molecule has 0 bridgehead atoms. The Hall–Kier alpha value is -3.78. The second-order valence-corrected chi connectivity index (χ2v) is 10.6. The quantitative estimate of drug-likeness (QED) is 0.286. The van der Waals surface area contributed by atoms with Crippen molar-refractivity contribution in [2.24, 2.45) is 0 Å². The van der Waals surface area contributed by atoms with Crippen molar-refractivity contribution in [1.29, 1.82) is 0 Å². The third kappa shape index (κ3) is 11.0. The maximum absolute atomic E-state index is 11.9. The summed E-state index contributed by atoms with van der Waals surface area (Å²) in [6.45, 7) is 11.8. The van der Waals surface area contributed by atoms with Crippen LogP contribution in [0.1, 0.15) is 72.3 Å². The van der Waals surface area contributed by atoms with Crippen LogP contribution in [0.5, 0.6) is 0 Å². The Kier molecular flexibility index (Phi) is 12.8. The van der Waals surface area contributed by atoms with Crippen LogP contribution >= 0.6 is 0 Å². The van der Waals surface area contributed by atoms with Crippen molar-refractivity contribution in [3.05, 3.63) is 99.0 Å². The Morgan fingerprint density at radius 3 is 2.51 bits per heavy atom. The lowest BCUT2D eigenvalue weighted by Gasteiger charge is -2.33. The van der Waals surface area contributed by atoms with Gasteiger partial charge in [-0.3, -0.25) is 14.4 Å². The number of rotatable bonds is 10. The zero-order chi connectivity index (χ0) is 29.6. The first-order valence-electron chi connectivity index (χ1n) is 14.6. The summed E-state index contributed by atoms with van der Waals surface area (Å²) in [6, 6.07) is 19.2. The summed E-state index contributed by atoms with van der Waals surface area (Å²) in [4.78, 5) is 37.7. The van der Waals surface area contributed by atoms with Crippen molar-refractivity contribution in [2.75, 3.05) is 26.2 Å². The Morgan fingerprint density at radius 1 is 1.02 bits per heavy atom. The van der Waals surface area contributed by atoms with Crippen LogP contribution < -0.4 is 10.9 Å². The van der Waals surface area contributed by atoms with Crippen molar-refractivity contribution in [3.8, 4) is 0 Å². The second kappa shape index (κ2) is 16.5. The van der Waals surface area contributed by atoms with Gasteiger partial charge in [0, 0.05) is 30.8 Å². The Bertz CT molecular complexity index is 1320. The van der Waals surface area contributed by atoms with Gasteiger partial charge in [0.1, 0.15) is 0 Å². The fraction of sp³-hybridized carbons (Fsp3) is 0.455. The number of amides is 1. The third-order valence-corrected chi connectivity index (χ3v) is 7.14. The van der Waals surface area contributed by atoms with Gasteiger partial charge in [0.2, 0.25) is 0 Å². The maximum Gasteiger partial charge on any atom is 0.310 e. The van der Waals surface area contributed by atoms with Gasteiger partial charge in [-0.15, -0.1) is 0 Å². The van der Waals surface area contributed by atoms with Gasteiger partial charge in [-0.25, -0.2) is 4.68 Å². The molecule has 4 rings (SSSR count). The van der Waals surface area contributed by atoms with Crippen molar-refractivity contribution in [2.45, 2.75) is 72.4 Å². The molecule has 41 heavy (non-hydrogen) atoms. The lowest BCUT2D eigenvalue weighted by Crippen LogP contribution is -2.39. The first kappa shape index (κ1) is 31.7. The van der Waals surface area contributed by atoms with E-state index < -0.39 is 0 Å². The van der Waals surface area contributed by atoms with Crippen LogP contribution in [0.15, 0.2) is 65.5 Å². The monoisotopic (exact) mass is 560 g/mol. The molecule has 1 amide bonds. The Morgan fingerprint density at radius 2 is 1.78 bits per heavy atom. The molecule has 0 aliphatic carbocycles. The molecule has 1 aliphatic rings. The molecule has 2 heterocycles. The lowest BCUT2D eigenvalue weighted by molar-refractivity contribution is -0.142. The fourth-order valence-corrected chi connectivity index (χ4v) is 4.83. The van der Waals surface area contributed by atoms with Gasteiger partial charge in [0.05, 0.1) is 25.3 Å². The number of carbonyl (C=O) groups excluding carboxylic acids is 2. The smallest absolute Gasteiger partial charge is 0.310 e. The van der Waals surface area contributed by atoms with Crippen LogP contribution in [0.4, 0.5) is 0 Å². The topological polar surface area (TPSA) is 93.5 Å². The van der Waals surface area contributed by atoms with Gasteiger partial charge in [-0.2, -0.15) is 5.10 Å². The lowest BCUT2D eigenvalue weighted by atomic mass is 10.0. The zero-order valence-electron chi connectivity index (χ0n) is 24.9. The van der Waals surface area contributed by atoms with E-state index in [2.05, 4.69) is 22.2 Å². The standard InChI is InChI=1S/C17H26N2O.C16H18N2O3/c1-14-7-9-16(10-8-14)17(20)18-11-5-13-19-12-4-3-6-15(19)2;1-3-21-16(20)10-13-5-4-6-14(9-13)11-18-15(19)8-7-12(2)17-18/h7-10,15H,3-6,11-13H2,1-2H3,(H,18,20);4-9H,3,10-11H2,1-2H3. The minimum atomic E-state index is -0.250. The highest BCUT2D eigenvalue weighted by Gasteiger charge is 2.17. The van der Waals surface area contributed by atoms with Crippen molar-refractivity contribution >= 4 is 11.9 Å². The van der Waals surface area contributed by atoms with E-state index in [1.807, 2.05) is 62.4 Å². The number of carbonyl (C=O) groups is 2. The van der Waals surface area contributed by atoms with E-state index in [9.17, 15) is 14.4 Å². The number of aryl methyl sites for hydroxylation is 2. The number of likely N-dealkylation sites (tertiary alicyclic amines) is 1. The molecule has 1 saturated heterocycles. The molecule has 8 nitrogen and oxygen atoms in total. The van der Waals surface area contributed by atoms with E-state index in [1.165, 1.54) is 42.1 Å². The van der Waals surface area contributed by atoms with Crippen molar-refractivity contribution < 1.29 is 14.3 Å². The van der Waals surface area contributed by atoms with Gasteiger partial charge in [0.25, 0.3) is 11.5 Å². The highest BCUT2D eigenvalue weighted by molar-refractivity contribution is 5.94. The van der Waals surface area contributed by atoms with E-state index in [4.69, 9.17) is 4.74 Å². The molecule has 0 radical (unpaired) electrons. The van der Waals surface area contributed by atoms with Gasteiger partial charge in [-0.05, 0) is 82.8 Å². The SMILES string of the molecule is CCOC(=O)Cc1cccc(Cn2nc(C)ccc2=O)c1.Cc1ccc(C(=O)NCCCN2CCCCC2C)cc1. The predicted octanol–water partition coefficient (Wildman–Crippen LogP) is 4.69. The number of aromatic nitrogens is 2. The molecular formula is C33H44N4O4. The van der Waals surface area contributed by atoms with Gasteiger partial charge in [-0.1, -0.05) is 48.4 Å². The molecule has 3 aromatic rings. The van der Waals surface area contributed by atoms with Crippen LogP contribution in [-0.2, 0) is 22.5 Å². The molecule has 1 atom stereocenters. The first-order valence-corrected chi connectivity index (χ1v) is 14.6. The van der Waals surface area contributed by atoms with E-state index in [0.29, 0.717) is 19.2 Å². The number of hydrogen-bond acceptors (Lipinski definition) is 6. The Balaban J connectivity index is 0.000000226. The average molecular weight is 561 g/mol. The summed E-state index contributed by atoms with van der Waals surface area (Å²) < 4.78 is 6.35. The average Bonchev–Trinajstić information content (AvgIpc) is 2.95. The predicted molar refractivity (Wildman–Crippen MR) is 162 cm³/mol. The summed E-state index contributed by atoms with van der Waals surface area (Å²) in [5, 5.41) is 7.21. The number of nitrogens with zero attached hydrogens (tertiary/aromatic N) is 3. The maximum atomic E-state index is 11.9. The summed E-state index contributed by atoms with van der Waals surface area (Å²) in [5.74, 6) is -0.211. The number of nitrogens with one attached hydrogen (secondary N) is 1. The normalized spacial score (nSPS) is 15.0. The number of ether oxygens (including phenoxy) is 1. The summed E-state index contributed by atoms with van der Waals surface area (Å²) >= 11 is 0. The van der Waals surface area contributed by atoms with Crippen LogP contribution in [0.25, 0.3) is 0 Å². The molecule has 0 spiro atoms. The van der Waals surface area contributed by atoms with E-state index in [0.717, 1.165) is 41.9 Å². The molecule has 1 aromatic heterocycles. The Labute approximate surface area is 243 Å². The van der Waals surface area contributed by atoms with Crippen molar-refractivity contribution in [3.63, 3.8) is 0 Å². The molecule has 1 N–H and O–H groups in total. The number of piperidine rings is 1. The summed E-state index contributed by atoms with van der Waals surface area (Å²) in [7, 11) is 0. The second-order valence-electron chi connectivity index (χ2n) is 10.6. The van der Waals surface area contributed by atoms with Crippen LogP contribution in [0.2, 0.25) is 0 Å². The fourth-order valence-electron chi connectivity index (χ4n) is 4.83. The minimum absolute atomic E-state index is 0.0386. The molecule has 0 saturated carbocycles. The van der Waals surface area contributed by atoms with Crippen LogP contribution in [-0.4, -0.2) is 58.8 Å². The molecular weight excluding hydrogens is 516 g/mol. The molecule has 220 valence electrons. The summed E-state index contributed by atoms with van der Waals surface area (Å²) in [5.41, 5.74) is 4.37. The zero-order valence-corrected chi connectivity index (χ0v) is 24.9. The summed E-state index contributed by atoms with van der Waals surface area (Å²) in [6.07, 6.45) is 5.26. The highest BCUT2D eigenvalue weighted by atomic mass is 16.5. The van der Waals surface area contributed by atoms with Gasteiger partial charge < -0.3 is 15.0 Å². The van der Waals surface area contributed by atoms with E-state index >= 15 is 0 Å². The number of hydrogen-bond donors (Lipinski definition) is 1. The third-order valence-electron chi connectivity index (χ3n) is 7.14. The largest absolute Gasteiger partial charge is 0.466 e. The molecule has 1 fully saturated rings. The molecule has 1 aliphatic heterocycles. The number of esters is 1. The van der Waals surface area contributed by atoms with E-state index in [1.54, 1.807) is 13.0 Å². The van der Waals surface area contributed by atoms with Gasteiger partial charge >= 0.3 is 5.97 Å². The van der Waals surface area contributed by atoms with Crippen LogP contribution in [0.3, 0.4) is 0 Å².